The third-order valence-electron chi connectivity index (χ3n) is 3.32. The van der Waals surface area contributed by atoms with Crippen LogP contribution in [-0.2, 0) is 4.79 Å². The van der Waals surface area contributed by atoms with Crippen molar-refractivity contribution in [3.05, 3.63) is 47.2 Å². The normalized spacial score (nSPS) is 15.3. The molecular formula is C15H14N2O3. The van der Waals surface area contributed by atoms with Gasteiger partial charge in [-0.1, -0.05) is 24.3 Å². The molecule has 1 aliphatic rings. The highest BCUT2D eigenvalue weighted by atomic mass is 16.4. The quantitative estimate of drug-likeness (QED) is 0.864. The van der Waals surface area contributed by atoms with Crippen LogP contribution in [0, 0.1) is 6.92 Å². The fourth-order valence-corrected chi connectivity index (χ4v) is 1.96. The monoisotopic (exact) mass is 270 g/mol. The number of hydrogen-bond acceptors (Lipinski definition) is 4. The van der Waals surface area contributed by atoms with Crippen molar-refractivity contribution >= 4 is 17.6 Å². The summed E-state index contributed by atoms with van der Waals surface area (Å²) in [5.74, 6) is -0.149. The number of hydrogen-bond donors (Lipinski definition) is 1. The molecule has 20 heavy (non-hydrogen) atoms. The van der Waals surface area contributed by atoms with Crippen LogP contribution in [0.5, 0.6) is 0 Å². The Balaban J connectivity index is 1.99. The van der Waals surface area contributed by atoms with Crippen molar-refractivity contribution < 1.29 is 14.3 Å². The molecule has 1 aliphatic carbocycles. The zero-order valence-corrected chi connectivity index (χ0v) is 11.0. The maximum Gasteiger partial charge on any atom is 0.341 e. The van der Waals surface area contributed by atoms with E-state index in [2.05, 4.69) is 10.2 Å². The van der Waals surface area contributed by atoms with E-state index < -0.39 is 5.97 Å². The molecule has 1 N–H and O–H groups in total. The van der Waals surface area contributed by atoms with Crippen LogP contribution >= 0.6 is 0 Å². The zero-order chi connectivity index (χ0) is 14.1. The van der Waals surface area contributed by atoms with E-state index in [0.29, 0.717) is 11.8 Å². The van der Waals surface area contributed by atoms with Crippen LogP contribution in [0.3, 0.4) is 0 Å². The molecule has 1 saturated carbocycles. The first-order valence-electron chi connectivity index (χ1n) is 6.49. The van der Waals surface area contributed by atoms with E-state index in [1.54, 1.807) is 6.08 Å². The van der Waals surface area contributed by atoms with E-state index in [0.717, 1.165) is 24.0 Å². The van der Waals surface area contributed by atoms with E-state index in [1.165, 1.54) is 0 Å². The highest BCUT2D eigenvalue weighted by Gasteiger charge is 2.30. The SMILES string of the molecule is Cc1ccccc1/C=C(\C(=O)O)c1nnc(C2CC2)o1. The molecular weight excluding hydrogens is 256 g/mol. The van der Waals surface area contributed by atoms with Gasteiger partial charge in [-0.25, -0.2) is 4.79 Å². The van der Waals surface area contributed by atoms with Gasteiger partial charge in [-0.2, -0.15) is 0 Å². The number of benzene rings is 1. The highest BCUT2D eigenvalue weighted by Crippen LogP contribution is 2.39. The highest BCUT2D eigenvalue weighted by molar-refractivity contribution is 6.19. The average Bonchev–Trinajstić information content (AvgIpc) is 3.16. The maximum atomic E-state index is 11.4. The first-order valence-corrected chi connectivity index (χ1v) is 6.49. The van der Waals surface area contributed by atoms with Gasteiger partial charge in [0.05, 0.1) is 0 Å². The Morgan fingerprint density at radius 3 is 2.75 bits per heavy atom. The summed E-state index contributed by atoms with van der Waals surface area (Å²) in [6, 6.07) is 7.55. The standard InChI is InChI=1S/C15H14N2O3/c1-9-4-2-3-5-11(9)8-12(15(18)19)14-17-16-13(20-14)10-6-7-10/h2-5,8,10H,6-7H2,1H3,(H,18,19)/b12-8-. The lowest BCUT2D eigenvalue weighted by Crippen LogP contribution is -2.00. The van der Waals surface area contributed by atoms with Crippen molar-refractivity contribution in [2.75, 3.05) is 0 Å². The van der Waals surface area contributed by atoms with E-state index in [1.807, 2.05) is 31.2 Å². The summed E-state index contributed by atoms with van der Waals surface area (Å²) >= 11 is 0. The number of aliphatic carboxylic acids is 1. The fraction of sp³-hybridized carbons (Fsp3) is 0.267. The van der Waals surface area contributed by atoms with Gasteiger partial charge in [-0.05, 0) is 37.0 Å². The van der Waals surface area contributed by atoms with E-state index in [9.17, 15) is 9.90 Å². The van der Waals surface area contributed by atoms with E-state index >= 15 is 0 Å². The molecule has 1 aromatic carbocycles. The maximum absolute atomic E-state index is 11.4. The lowest BCUT2D eigenvalue weighted by molar-refractivity contribution is -0.130. The van der Waals surface area contributed by atoms with Crippen LogP contribution in [0.15, 0.2) is 28.7 Å². The molecule has 0 amide bonds. The lowest BCUT2D eigenvalue weighted by atomic mass is 10.1. The Morgan fingerprint density at radius 1 is 1.35 bits per heavy atom. The van der Waals surface area contributed by atoms with Crippen LogP contribution in [0.25, 0.3) is 11.6 Å². The molecule has 0 saturated heterocycles. The largest absolute Gasteiger partial charge is 0.477 e. The predicted octanol–water partition coefficient (Wildman–Crippen LogP) is 2.88. The van der Waals surface area contributed by atoms with Crippen LogP contribution in [0.2, 0.25) is 0 Å². The number of aromatic nitrogens is 2. The summed E-state index contributed by atoms with van der Waals surface area (Å²) < 4.78 is 5.47. The third-order valence-corrected chi connectivity index (χ3v) is 3.32. The smallest absolute Gasteiger partial charge is 0.341 e. The molecule has 0 bridgehead atoms. The van der Waals surface area contributed by atoms with Crippen molar-refractivity contribution in [2.45, 2.75) is 25.7 Å². The van der Waals surface area contributed by atoms with Gasteiger partial charge in [0, 0.05) is 5.92 Å². The molecule has 5 nitrogen and oxygen atoms in total. The van der Waals surface area contributed by atoms with Gasteiger partial charge in [0.1, 0.15) is 5.57 Å². The summed E-state index contributed by atoms with van der Waals surface area (Å²) in [6.45, 7) is 1.93. The minimum atomic E-state index is -1.07. The van der Waals surface area contributed by atoms with Gasteiger partial charge >= 0.3 is 5.97 Å². The number of carboxylic acids is 1. The van der Waals surface area contributed by atoms with Crippen molar-refractivity contribution in [3.63, 3.8) is 0 Å². The number of rotatable bonds is 4. The minimum absolute atomic E-state index is 0.0266. The molecule has 5 heteroatoms. The summed E-state index contributed by atoms with van der Waals surface area (Å²) in [4.78, 5) is 11.4. The van der Waals surface area contributed by atoms with Crippen LogP contribution in [0.4, 0.5) is 0 Å². The second-order valence-corrected chi connectivity index (χ2v) is 4.94. The molecule has 0 unspecified atom stereocenters. The second kappa shape index (κ2) is 4.92. The first-order chi connectivity index (χ1) is 9.65. The van der Waals surface area contributed by atoms with Crippen molar-refractivity contribution in [2.24, 2.45) is 0 Å². The van der Waals surface area contributed by atoms with Crippen LogP contribution in [-0.4, -0.2) is 21.3 Å². The molecule has 102 valence electrons. The minimum Gasteiger partial charge on any atom is -0.477 e. The summed E-state index contributed by atoms with van der Waals surface area (Å²) in [5.41, 5.74) is 1.85. The number of nitrogens with zero attached hydrogens (tertiary/aromatic N) is 2. The molecule has 1 fully saturated rings. The van der Waals surface area contributed by atoms with E-state index in [-0.39, 0.29) is 11.5 Å². The molecule has 2 aromatic rings. The Hall–Kier alpha value is -2.43. The van der Waals surface area contributed by atoms with E-state index in [4.69, 9.17) is 4.42 Å². The van der Waals surface area contributed by atoms with Gasteiger partial charge in [0.25, 0.3) is 5.89 Å². The lowest BCUT2D eigenvalue weighted by Gasteiger charge is -2.01. The average molecular weight is 270 g/mol. The topological polar surface area (TPSA) is 76.2 Å². The Kier molecular flexibility index (Phi) is 3.10. The molecule has 1 aromatic heterocycles. The third kappa shape index (κ3) is 2.47. The Bertz CT molecular complexity index is 684. The Labute approximate surface area is 116 Å². The second-order valence-electron chi connectivity index (χ2n) is 4.94. The van der Waals surface area contributed by atoms with Crippen molar-refractivity contribution in [1.29, 1.82) is 0 Å². The molecule has 0 aliphatic heterocycles. The summed E-state index contributed by atoms with van der Waals surface area (Å²) in [6.07, 6.45) is 3.64. The molecule has 0 spiro atoms. The van der Waals surface area contributed by atoms with Gasteiger partial charge in [-0.15, -0.1) is 10.2 Å². The van der Waals surface area contributed by atoms with Crippen molar-refractivity contribution in [3.8, 4) is 0 Å². The van der Waals surface area contributed by atoms with Crippen LogP contribution < -0.4 is 0 Å². The summed E-state index contributed by atoms with van der Waals surface area (Å²) in [5, 5.41) is 17.1. The molecule has 0 atom stereocenters. The van der Waals surface area contributed by atoms with Crippen LogP contribution in [0.1, 0.15) is 41.7 Å². The van der Waals surface area contributed by atoms with Gasteiger partial charge in [0.2, 0.25) is 5.89 Å². The molecule has 0 radical (unpaired) electrons. The summed E-state index contributed by atoms with van der Waals surface area (Å²) in [7, 11) is 0. The number of carbonyl (C=O) groups is 1. The zero-order valence-electron chi connectivity index (χ0n) is 11.0. The first kappa shape index (κ1) is 12.6. The van der Waals surface area contributed by atoms with Crippen molar-refractivity contribution in [1.82, 2.24) is 10.2 Å². The fourth-order valence-electron chi connectivity index (χ4n) is 1.96. The molecule has 3 rings (SSSR count). The van der Waals surface area contributed by atoms with Gasteiger partial charge < -0.3 is 9.52 Å². The number of carboxylic acid groups (broad SMARTS) is 1. The number of aryl methyl sites for hydroxylation is 1. The Morgan fingerprint density at radius 2 is 2.10 bits per heavy atom. The van der Waals surface area contributed by atoms with Gasteiger partial charge in [-0.3, -0.25) is 0 Å². The van der Waals surface area contributed by atoms with Gasteiger partial charge in [0.15, 0.2) is 0 Å². The predicted molar refractivity (Wildman–Crippen MR) is 73.0 cm³/mol. The molecule has 1 heterocycles.